The molecular weight excluding hydrogens is 334 g/mol. The van der Waals surface area contributed by atoms with Gasteiger partial charge in [0.05, 0.1) is 25.9 Å². The van der Waals surface area contributed by atoms with Crippen LogP contribution in [0, 0.1) is 0 Å². The monoisotopic (exact) mass is 357 g/mol. The summed E-state index contributed by atoms with van der Waals surface area (Å²) in [5.74, 6) is 1.95. The molecule has 8 heteroatoms. The molecule has 0 radical (unpaired) electrons. The first-order valence-electron chi connectivity index (χ1n) is 8.96. The highest BCUT2D eigenvalue weighted by atomic mass is 16.5. The molecule has 26 heavy (non-hydrogen) atoms. The normalized spacial score (nSPS) is 22.0. The molecule has 1 saturated heterocycles. The number of aromatic nitrogens is 3. The highest BCUT2D eigenvalue weighted by Gasteiger charge is 2.26. The van der Waals surface area contributed by atoms with Crippen LogP contribution in [0.3, 0.4) is 0 Å². The average Bonchev–Trinajstić information content (AvgIpc) is 3.33. The maximum Gasteiger partial charge on any atom is 0.315 e. The molecule has 2 N–H and O–H groups in total. The number of rotatable bonds is 5. The average molecular weight is 357 g/mol. The molecule has 0 bridgehead atoms. The number of nitrogens with zero attached hydrogens (tertiary/aromatic N) is 3. The third-order valence-electron chi connectivity index (χ3n) is 4.84. The van der Waals surface area contributed by atoms with Crippen LogP contribution in [0.5, 0.6) is 0 Å². The number of urea groups is 1. The lowest BCUT2D eigenvalue weighted by molar-refractivity contribution is 0.0805. The van der Waals surface area contributed by atoms with E-state index in [2.05, 4.69) is 33.0 Å². The van der Waals surface area contributed by atoms with E-state index in [1.165, 1.54) is 5.56 Å². The Labute approximate surface area is 151 Å². The van der Waals surface area contributed by atoms with Crippen molar-refractivity contribution >= 4 is 6.03 Å². The van der Waals surface area contributed by atoms with E-state index in [1.54, 1.807) is 0 Å². The molecule has 2 aliphatic rings. The van der Waals surface area contributed by atoms with Crippen LogP contribution in [0.4, 0.5) is 4.79 Å². The molecule has 8 nitrogen and oxygen atoms in total. The van der Waals surface area contributed by atoms with Crippen molar-refractivity contribution in [2.24, 2.45) is 0 Å². The predicted octanol–water partition coefficient (Wildman–Crippen LogP) is 1.18. The Morgan fingerprint density at radius 2 is 2.12 bits per heavy atom. The van der Waals surface area contributed by atoms with Gasteiger partial charge in [-0.25, -0.2) is 4.79 Å². The number of carbonyl (C=O) groups is 1. The first-order chi connectivity index (χ1) is 12.8. The SMILES string of the molecule is O=C(NCc1nnc2n1CCOC2)NC[C@@H]1C[C@H](c2ccccc2)CO1. The summed E-state index contributed by atoms with van der Waals surface area (Å²) in [6.07, 6.45) is 0.964. The van der Waals surface area contributed by atoms with E-state index in [0.29, 0.717) is 38.8 Å². The smallest absolute Gasteiger partial charge is 0.315 e. The summed E-state index contributed by atoms with van der Waals surface area (Å²) in [4.78, 5) is 12.1. The molecule has 0 unspecified atom stereocenters. The van der Waals surface area contributed by atoms with Crippen molar-refractivity contribution in [1.82, 2.24) is 25.4 Å². The Bertz CT molecular complexity index is 749. The zero-order valence-corrected chi connectivity index (χ0v) is 14.6. The van der Waals surface area contributed by atoms with Gasteiger partial charge in [0.25, 0.3) is 0 Å². The van der Waals surface area contributed by atoms with Gasteiger partial charge in [-0.05, 0) is 12.0 Å². The van der Waals surface area contributed by atoms with E-state index in [9.17, 15) is 4.79 Å². The molecule has 4 rings (SSSR count). The topological polar surface area (TPSA) is 90.3 Å². The van der Waals surface area contributed by atoms with Gasteiger partial charge in [-0.1, -0.05) is 30.3 Å². The Balaban J connectivity index is 1.21. The molecule has 2 aromatic rings. The van der Waals surface area contributed by atoms with Crippen molar-refractivity contribution in [3.63, 3.8) is 0 Å². The zero-order chi connectivity index (χ0) is 17.8. The molecule has 1 fully saturated rings. The molecule has 0 saturated carbocycles. The Morgan fingerprint density at radius 1 is 1.23 bits per heavy atom. The number of fused-ring (bicyclic) bond motifs is 1. The molecular formula is C18H23N5O3. The third-order valence-corrected chi connectivity index (χ3v) is 4.84. The van der Waals surface area contributed by atoms with Crippen LogP contribution < -0.4 is 10.6 Å². The van der Waals surface area contributed by atoms with E-state index in [0.717, 1.165) is 24.6 Å². The first kappa shape index (κ1) is 17.0. The summed E-state index contributed by atoms with van der Waals surface area (Å²) < 4.78 is 13.1. The van der Waals surface area contributed by atoms with Gasteiger partial charge in [-0.2, -0.15) is 0 Å². The summed E-state index contributed by atoms with van der Waals surface area (Å²) in [5, 5.41) is 13.9. The van der Waals surface area contributed by atoms with Gasteiger partial charge in [-0.15, -0.1) is 10.2 Å². The summed E-state index contributed by atoms with van der Waals surface area (Å²) in [6, 6.07) is 10.1. The van der Waals surface area contributed by atoms with Crippen molar-refractivity contribution < 1.29 is 14.3 Å². The Kier molecular flexibility index (Phi) is 5.12. The fraction of sp³-hybridized carbons (Fsp3) is 0.500. The van der Waals surface area contributed by atoms with Gasteiger partial charge in [0, 0.05) is 19.0 Å². The van der Waals surface area contributed by atoms with Crippen molar-refractivity contribution in [2.45, 2.75) is 38.1 Å². The summed E-state index contributed by atoms with van der Waals surface area (Å²) in [6.45, 7) is 3.38. The summed E-state index contributed by atoms with van der Waals surface area (Å²) in [5.41, 5.74) is 1.29. The minimum absolute atomic E-state index is 0.0453. The van der Waals surface area contributed by atoms with Crippen LogP contribution >= 0.6 is 0 Å². The lowest BCUT2D eigenvalue weighted by Crippen LogP contribution is -2.39. The largest absolute Gasteiger partial charge is 0.376 e. The maximum absolute atomic E-state index is 12.1. The second-order valence-electron chi connectivity index (χ2n) is 6.60. The number of nitrogens with one attached hydrogen (secondary N) is 2. The molecule has 2 atom stereocenters. The lowest BCUT2D eigenvalue weighted by atomic mass is 9.96. The third kappa shape index (κ3) is 3.86. The molecule has 0 spiro atoms. The van der Waals surface area contributed by atoms with Crippen LogP contribution in [0.25, 0.3) is 0 Å². The minimum atomic E-state index is -0.221. The van der Waals surface area contributed by atoms with E-state index in [-0.39, 0.29) is 12.1 Å². The second-order valence-corrected chi connectivity index (χ2v) is 6.60. The highest BCUT2D eigenvalue weighted by molar-refractivity contribution is 5.73. The number of benzene rings is 1. The van der Waals surface area contributed by atoms with Gasteiger partial charge in [-0.3, -0.25) is 0 Å². The minimum Gasteiger partial charge on any atom is -0.376 e. The first-order valence-corrected chi connectivity index (χ1v) is 8.96. The highest BCUT2D eigenvalue weighted by Crippen LogP contribution is 2.28. The number of hydrogen-bond donors (Lipinski definition) is 2. The van der Waals surface area contributed by atoms with E-state index < -0.39 is 0 Å². The number of amides is 2. The summed E-state index contributed by atoms with van der Waals surface area (Å²) >= 11 is 0. The fourth-order valence-corrected chi connectivity index (χ4v) is 3.42. The van der Waals surface area contributed by atoms with Gasteiger partial charge in [0.15, 0.2) is 11.6 Å². The number of ether oxygens (including phenoxy) is 2. The van der Waals surface area contributed by atoms with Crippen molar-refractivity contribution in [3.8, 4) is 0 Å². The van der Waals surface area contributed by atoms with Crippen LogP contribution in [-0.2, 0) is 29.2 Å². The lowest BCUT2D eigenvalue weighted by Gasteiger charge is -2.16. The van der Waals surface area contributed by atoms with Gasteiger partial charge in [0.1, 0.15) is 6.61 Å². The Hall–Kier alpha value is -2.45. The molecule has 138 valence electrons. The number of hydrogen-bond acceptors (Lipinski definition) is 5. The molecule has 1 aromatic carbocycles. The predicted molar refractivity (Wildman–Crippen MR) is 93.5 cm³/mol. The quantitative estimate of drug-likeness (QED) is 0.839. The summed E-state index contributed by atoms with van der Waals surface area (Å²) in [7, 11) is 0. The molecule has 2 aliphatic heterocycles. The second kappa shape index (κ2) is 7.84. The standard InChI is InChI=1S/C18H23N5O3/c24-18(20-10-16-21-22-17-12-25-7-6-23(16)17)19-9-15-8-14(11-26-15)13-4-2-1-3-5-13/h1-5,14-15H,6-12H2,(H2,19,20,24)/t14-,15-/m0/s1. The van der Waals surface area contributed by atoms with Gasteiger partial charge in [0.2, 0.25) is 0 Å². The van der Waals surface area contributed by atoms with Crippen LogP contribution in [0.1, 0.15) is 29.6 Å². The van der Waals surface area contributed by atoms with E-state index in [4.69, 9.17) is 9.47 Å². The zero-order valence-electron chi connectivity index (χ0n) is 14.6. The molecule has 3 heterocycles. The van der Waals surface area contributed by atoms with Crippen molar-refractivity contribution in [2.75, 3.05) is 19.8 Å². The number of carbonyl (C=O) groups excluding carboxylic acids is 1. The van der Waals surface area contributed by atoms with E-state index in [1.807, 2.05) is 22.8 Å². The molecule has 0 aliphatic carbocycles. The Morgan fingerprint density at radius 3 is 3.00 bits per heavy atom. The maximum atomic E-state index is 12.1. The van der Waals surface area contributed by atoms with Crippen molar-refractivity contribution in [3.05, 3.63) is 47.5 Å². The van der Waals surface area contributed by atoms with Gasteiger partial charge >= 0.3 is 6.03 Å². The molecule has 1 aromatic heterocycles. The van der Waals surface area contributed by atoms with Crippen LogP contribution in [0.15, 0.2) is 30.3 Å². The van der Waals surface area contributed by atoms with Crippen molar-refractivity contribution in [1.29, 1.82) is 0 Å². The fourth-order valence-electron chi connectivity index (χ4n) is 3.42. The van der Waals surface area contributed by atoms with Gasteiger partial charge < -0.3 is 24.7 Å². The van der Waals surface area contributed by atoms with Crippen LogP contribution in [-0.4, -0.2) is 46.7 Å². The van der Waals surface area contributed by atoms with Crippen LogP contribution in [0.2, 0.25) is 0 Å². The van der Waals surface area contributed by atoms with E-state index >= 15 is 0 Å². The molecule has 2 amide bonds.